The van der Waals surface area contributed by atoms with Crippen LogP contribution in [0.5, 0.6) is 0 Å². The quantitative estimate of drug-likeness (QED) is 0.787. The first-order valence-electron chi connectivity index (χ1n) is 8.18. The SMILES string of the molecule is CCN1CCN(C(=O)c2n[nH]c3ccccc23)Cc2cnccc21. The monoisotopic (exact) mass is 321 g/mol. The summed E-state index contributed by atoms with van der Waals surface area (Å²) in [6.07, 6.45) is 3.66. The molecule has 0 bridgehead atoms. The van der Waals surface area contributed by atoms with Crippen LogP contribution in [0.15, 0.2) is 42.7 Å². The van der Waals surface area contributed by atoms with Gasteiger partial charge in [0.25, 0.3) is 5.91 Å². The molecule has 6 heteroatoms. The van der Waals surface area contributed by atoms with E-state index < -0.39 is 0 Å². The fourth-order valence-electron chi connectivity index (χ4n) is 3.27. The van der Waals surface area contributed by atoms with E-state index in [9.17, 15) is 4.79 Å². The second-order valence-corrected chi connectivity index (χ2v) is 5.93. The van der Waals surface area contributed by atoms with Crippen LogP contribution >= 0.6 is 0 Å². The molecular weight excluding hydrogens is 302 g/mol. The van der Waals surface area contributed by atoms with Crippen LogP contribution in [-0.2, 0) is 6.54 Å². The molecule has 1 aromatic carbocycles. The lowest BCUT2D eigenvalue weighted by Crippen LogP contribution is -2.35. The maximum Gasteiger partial charge on any atom is 0.275 e. The van der Waals surface area contributed by atoms with Crippen molar-refractivity contribution in [3.05, 3.63) is 54.0 Å². The summed E-state index contributed by atoms with van der Waals surface area (Å²) in [6.45, 7) is 5.07. The molecule has 0 saturated heterocycles. The molecule has 122 valence electrons. The summed E-state index contributed by atoms with van der Waals surface area (Å²) in [5.41, 5.74) is 3.61. The molecule has 0 fully saturated rings. The summed E-state index contributed by atoms with van der Waals surface area (Å²) < 4.78 is 0. The summed E-state index contributed by atoms with van der Waals surface area (Å²) in [4.78, 5) is 21.4. The molecule has 1 N–H and O–H groups in total. The highest BCUT2D eigenvalue weighted by atomic mass is 16.2. The molecule has 1 amide bonds. The number of aromatic nitrogens is 3. The number of hydrogen-bond acceptors (Lipinski definition) is 4. The zero-order valence-corrected chi connectivity index (χ0v) is 13.6. The van der Waals surface area contributed by atoms with E-state index in [0.717, 1.165) is 35.2 Å². The van der Waals surface area contributed by atoms with E-state index >= 15 is 0 Å². The number of rotatable bonds is 2. The number of para-hydroxylation sites is 1. The van der Waals surface area contributed by atoms with E-state index in [2.05, 4.69) is 27.0 Å². The van der Waals surface area contributed by atoms with E-state index in [0.29, 0.717) is 18.8 Å². The van der Waals surface area contributed by atoms with Gasteiger partial charge in [-0.05, 0) is 19.1 Å². The van der Waals surface area contributed by atoms with Gasteiger partial charge < -0.3 is 9.80 Å². The van der Waals surface area contributed by atoms with Crippen LogP contribution in [0.25, 0.3) is 10.9 Å². The Bertz CT molecular complexity index is 888. The van der Waals surface area contributed by atoms with Gasteiger partial charge in [-0.25, -0.2) is 0 Å². The molecule has 2 aromatic heterocycles. The number of aromatic amines is 1. The molecule has 0 saturated carbocycles. The van der Waals surface area contributed by atoms with E-state index in [-0.39, 0.29) is 5.91 Å². The lowest BCUT2D eigenvalue weighted by atomic mass is 10.2. The van der Waals surface area contributed by atoms with Crippen LogP contribution in [0, 0.1) is 0 Å². The normalized spacial score (nSPS) is 14.5. The second-order valence-electron chi connectivity index (χ2n) is 5.93. The van der Waals surface area contributed by atoms with Crippen LogP contribution in [0.3, 0.4) is 0 Å². The Morgan fingerprint density at radius 1 is 1.25 bits per heavy atom. The lowest BCUT2D eigenvalue weighted by molar-refractivity contribution is 0.0747. The minimum absolute atomic E-state index is 0.0415. The van der Waals surface area contributed by atoms with Gasteiger partial charge in [-0.3, -0.25) is 14.9 Å². The molecule has 0 spiro atoms. The molecule has 6 nitrogen and oxygen atoms in total. The van der Waals surface area contributed by atoms with Gasteiger partial charge in [-0.2, -0.15) is 5.10 Å². The minimum atomic E-state index is -0.0415. The van der Waals surface area contributed by atoms with Crippen LogP contribution in [0.1, 0.15) is 23.0 Å². The van der Waals surface area contributed by atoms with Gasteiger partial charge >= 0.3 is 0 Å². The first-order valence-corrected chi connectivity index (χ1v) is 8.18. The predicted molar refractivity (Wildman–Crippen MR) is 93.0 cm³/mol. The standard InChI is InChI=1S/C18H19N5O/c1-2-22-9-10-23(12-13-11-19-8-7-16(13)22)18(24)17-14-5-3-4-6-15(14)20-21-17/h3-8,11H,2,9-10,12H2,1H3,(H,20,21). The average molecular weight is 321 g/mol. The van der Waals surface area contributed by atoms with Gasteiger partial charge in [0.05, 0.1) is 5.52 Å². The van der Waals surface area contributed by atoms with Crippen molar-refractivity contribution in [3.63, 3.8) is 0 Å². The van der Waals surface area contributed by atoms with Crippen molar-refractivity contribution < 1.29 is 4.79 Å². The van der Waals surface area contributed by atoms with Gasteiger partial charge in [0.15, 0.2) is 5.69 Å². The van der Waals surface area contributed by atoms with Crippen LogP contribution in [0.2, 0.25) is 0 Å². The molecule has 0 atom stereocenters. The first kappa shape index (κ1) is 14.7. The molecule has 1 aliphatic heterocycles. The highest BCUT2D eigenvalue weighted by Crippen LogP contribution is 2.25. The number of carbonyl (C=O) groups is 1. The Morgan fingerprint density at radius 2 is 2.12 bits per heavy atom. The number of hydrogen-bond donors (Lipinski definition) is 1. The van der Waals surface area contributed by atoms with Crippen LogP contribution < -0.4 is 4.90 Å². The summed E-state index contributed by atoms with van der Waals surface area (Å²) in [5, 5.41) is 8.06. The third-order valence-corrected chi connectivity index (χ3v) is 4.56. The minimum Gasteiger partial charge on any atom is -0.370 e. The van der Waals surface area contributed by atoms with Gasteiger partial charge in [0.1, 0.15) is 0 Å². The Balaban J connectivity index is 1.69. The fraction of sp³-hybridized carbons (Fsp3) is 0.278. The van der Waals surface area contributed by atoms with Crippen molar-refractivity contribution in [1.29, 1.82) is 0 Å². The topological polar surface area (TPSA) is 65.1 Å². The van der Waals surface area contributed by atoms with Gasteiger partial charge in [-0.1, -0.05) is 18.2 Å². The fourth-order valence-corrected chi connectivity index (χ4v) is 3.27. The largest absolute Gasteiger partial charge is 0.370 e. The number of amides is 1. The van der Waals surface area contributed by atoms with Crippen molar-refractivity contribution in [2.24, 2.45) is 0 Å². The lowest BCUT2D eigenvalue weighted by Gasteiger charge is -2.22. The average Bonchev–Trinajstić information content (AvgIpc) is 2.96. The van der Waals surface area contributed by atoms with Gasteiger partial charge in [-0.15, -0.1) is 0 Å². The number of nitrogens with one attached hydrogen (secondary N) is 1. The molecule has 4 rings (SSSR count). The van der Waals surface area contributed by atoms with Crippen LogP contribution in [-0.4, -0.2) is 45.6 Å². The molecule has 3 heterocycles. The molecule has 1 aliphatic rings. The summed E-state index contributed by atoms with van der Waals surface area (Å²) in [6, 6.07) is 9.74. The smallest absolute Gasteiger partial charge is 0.275 e. The van der Waals surface area contributed by atoms with E-state index in [1.165, 1.54) is 0 Å². The molecule has 0 aliphatic carbocycles. The van der Waals surface area contributed by atoms with Crippen molar-refractivity contribution in [2.75, 3.05) is 24.5 Å². The number of pyridine rings is 1. The first-order chi connectivity index (χ1) is 11.8. The third kappa shape index (κ3) is 2.40. The van der Waals surface area contributed by atoms with Crippen molar-refractivity contribution in [2.45, 2.75) is 13.5 Å². The molecule has 24 heavy (non-hydrogen) atoms. The number of H-pyrrole nitrogens is 1. The highest BCUT2D eigenvalue weighted by Gasteiger charge is 2.25. The highest BCUT2D eigenvalue weighted by molar-refractivity contribution is 6.04. The van der Waals surface area contributed by atoms with Crippen molar-refractivity contribution in [3.8, 4) is 0 Å². The Labute approximate surface area is 140 Å². The Morgan fingerprint density at radius 3 is 3.00 bits per heavy atom. The zero-order valence-electron chi connectivity index (χ0n) is 13.6. The number of benzene rings is 1. The number of fused-ring (bicyclic) bond motifs is 2. The van der Waals surface area contributed by atoms with Gasteiger partial charge in [0, 0.05) is 55.2 Å². The summed E-state index contributed by atoms with van der Waals surface area (Å²) in [5.74, 6) is -0.0415. The van der Waals surface area contributed by atoms with Crippen molar-refractivity contribution >= 4 is 22.5 Å². The summed E-state index contributed by atoms with van der Waals surface area (Å²) in [7, 11) is 0. The third-order valence-electron chi connectivity index (χ3n) is 4.56. The van der Waals surface area contributed by atoms with E-state index in [1.54, 1.807) is 6.20 Å². The molecule has 0 radical (unpaired) electrons. The Hall–Kier alpha value is -2.89. The molecular formula is C18H19N5O. The molecule has 0 unspecified atom stereocenters. The second kappa shape index (κ2) is 5.96. The van der Waals surface area contributed by atoms with Gasteiger partial charge in [0.2, 0.25) is 0 Å². The number of anilines is 1. The maximum absolute atomic E-state index is 13.0. The maximum atomic E-state index is 13.0. The Kier molecular flexibility index (Phi) is 3.65. The number of likely N-dealkylation sites (N-methyl/N-ethyl adjacent to an activating group) is 1. The van der Waals surface area contributed by atoms with Crippen LogP contribution in [0.4, 0.5) is 5.69 Å². The number of carbonyl (C=O) groups excluding carboxylic acids is 1. The predicted octanol–water partition coefficient (Wildman–Crippen LogP) is 2.44. The summed E-state index contributed by atoms with van der Waals surface area (Å²) >= 11 is 0. The zero-order chi connectivity index (χ0) is 16.5. The van der Waals surface area contributed by atoms with E-state index in [1.807, 2.05) is 41.4 Å². The molecule has 3 aromatic rings. The van der Waals surface area contributed by atoms with Crippen molar-refractivity contribution in [1.82, 2.24) is 20.1 Å². The van der Waals surface area contributed by atoms with E-state index in [4.69, 9.17) is 0 Å². The number of nitrogens with zero attached hydrogens (tertiary/aromatic N) is 4.